The molecule has 1 saturated heterocycles. The molecule has 2 aliphatic rings. The first-order valence-electron chi connectivity index (χ1n) is 5.46. The predicted molar refractivity (Wildman–Crippen MR) is 59.0 cm³/mol. The van der Waals surface area contributed by atoms with Crippen LogP contribution < -0.4 is 10.6 Å². The van der Waals surface area contributed by atoms with E-state index >= 15 is 0 Å². The Balaban J connectivity index is 1.92. The quantitative estimate of drug-likeness (QED) is 0.719. The summed E-state index contributed by atoms with van der Waals surface area (Å²) in [6.07, 6.45) is 1.51. The average Bonchev–Trinajstić information content (AvgIpc) is 2.15. The lowest BCUT2D eigenvalue weighted by Gasteiger charge is -2.29. The molecule has 3 nitrogen and oxygen atoms in total. The highest BCUT2D eigenvalue weighted by Gasteiger charge is 2.21. The summed E-state index contributed by atoms with van der Waals surface area (Å²) in [4.78, 5) is 11.2. The van der Waals surface area contributed by atoms with Crippen molar-refractivity contribution in [1.82, 2.24) is 5.32 Å². The van der Waals surface area contributed by atoms with E-state index in [0.29, 0.717) is 12.3 Å². The number of anilines is 1. The molecule has 2 N–H and O–H groups in total. The standard InChI is InChI=1S/C12H14N2O/c15-12-4-2-9-5-8(10-6-13-7-10)1-3-11(9)14-12/h1,3,5,10,13H,2,4,6-7H2,(H,14,15). The minimum absolute atomic E-state index is 0.139. The number of hydrogen-bond donors (Lipinski definition) is 2. The van der Waals surface area contributed by atoms with E-state index in [1.807, 2.05) is 6.07 Å². The Morgan fingerprint density at radius 2 is 2.07 bits per heavy atom. The normalized spacial score (nSPS) is 20.4. The van der Waals surface area contributed by atoms with Crippen molar-refractivity contribution in [3.63, 3.8) is 0 Å². The summed E-state index contributed by atoms with van der Waals surface area (Å²) in [5, 5.41) is 6.18. The maximum Gasteiger partial charge on any atom is 0.224 e. The Bertz CT molecular complexity index is 410. The molecule has 2 aliphatic heterocycles. The van der Waals surface area contributed by atoms with Crippen molar-refractivity contribution in [2.45, 2.75) is 18.8 Å². The second kappa shape index (κ2) is 3.35. The lowest BCUT2D eigenvalue weighted by Crippen LogP contribution is -2.39. The summed E-state index contributed by atoms with van der Waals surface area (Å²) in [5.41, 5.74) is 3.70. The van der Waals surface area contributed by atoms with E-state index in [4.69, 9.17) is 0 Å². The second-order valence-corrected chi connectivity index (χ2v) is 4.32. The van der Waals surface area contributed by atoms with Gasteiger partial charge in [0, 0.05) is 31.1 Å². The SMILES string of the molecule is O=C1CCc2cc(C3CNC3)ccc2N1. The first kappa shape index (κ1) is 8.92. The van der Waals surface area contributed by atoms with Crippen LogP contribution in [0.15, 0.2) is 18.2 Å². The van der Waals surface area contributed by atoms with E-state index in [0.717, 1.165) is 25.2 Å². The van der Waals surface area contributed by atoms with Gasteiger partial charge < -0.3 is 10.6 Å². The molecule has 0 unspecified atom stereocenters. The van der Waals surface area contributed by atoms with E-state index in [-0.39, 0.29) is 5.91 Å². The molecule has 1 aromatic rings. The predicted octanol–water partition coefficient (Wildman–Crippen LogP) is 1.26. The van der Waals surface area contributed by atoms with Crippen molar-refractivity contribution in [3.05, 3.63) is 29.3 Å². The number of rotatable bonds is 1. The van der Waals surface area contributed by atoms with Gasteiger partial charge in [0.05, 0.1) is 0 Å². The summed E-state index contributed by atoms with van der Waals surface area (Å²) in [7, 11) is 0. The summed E-state index contributed by atoms with van der Waals surface area (Å²) in [6, 6.07) is 6.43. The highest BCUT2D eigenvalue weighted by Crippen LogP contribution is 2.28. The number of fused-ring (bicyclic) bond motifs is 1. The van der Waals surface area contributed by atoms with Gasteiger partial charge in [-0.25, -0.2) is 0 Å². The van der Waals surface area contributed by atoms with E-state index in [1.54, 1.807) is 0 Å². The Labute approximate surface area is 88.9 Å². The van der Waals surface area contributed by atoms with Gasteiger partial charge in [-0.1, -0.05) is 12.1 Å². The number of carbonyl (C=O) groups excluding carboxylic acids is 1. The number of carbonyl (C=O) groups is 1. The smallest absolute Gasteiger partial charge is 0.224 e. The zero-order valence-electron chi connectivity index (χ0n) is 8.55. The summed E-state index contributed by atoms with van der Waals surface area (Å²) in [6.45, 7) is 2.18. The number of amides is 1. The molecule has 0 atom stereocenters. The van der Waals surface area contributed by atoms with Gasteiger partial charge in [0.2, 0.25) is 5.91 Å². The zero-order chi connectivity index (χ0) is 10.3. The molecule has 1 amide bonds. The molecule has 0 radical (unpaired) electrons. The number of nitrogens with one attached hydrogen (secondary N) is 2. The molecule has 0 aliphatic carbocycles. The van der Waals surface area contributed by atoms with Crippen molar-refractivity contribution in [3.8, 4) is 0 Å². The van der Waals surface area contributed by atoms with Crippen LogP contribution in [0.5, 0.6) is 0 Å². The molecule has 2 heterocycles. The topological polar surface area (TPSA) is 41.1 Å². The fraction of sp³-hybridized carbons (Fsp3) is 0.417. The van der Waals surface area contributed by atoms with Gasteiger partial charge in [0.25, 0.3) is 0 Å². The van der Waals surface area contributed by atoms with Gasteiger partial charge in [-0.05, 0) is 23.6 Å². The van der Waals surface area contributed by atoms with Gasteiger partial charge in [0.1, 0.15) is 0 Å². The van der Waals surface area contributed by atoms with Crippen LogP contribution in [0.1, 0.15) is 23.5 Å². The summed E-state index contributed by atoms with van der Waals surface area (Å²) >= 11 is 0. The molecule has 3 heteroatoms. The van der Waals surface area contributed by atoms with E-state index in [9.17, 15) is 4.79 Å². The maximum absolute atomic E-state index is 11.2. The van der Waals surface area contributed by atoms with E-state index in [1.165, 1.54) is 11.1 Å². The Kier molecular flexibility index (Phi) is 1.99. The van der Waals surface area contributed by atoms with Crippen LogP contribution in [0.25, 0.3) is 0 Å². The molecular weight excluding hydrogens is 188 g/mol. The molecule has 0 bridgehead atoms. The van der Waals surface area contributed by atoms with Crippen LogP contribution in [0.2, 0.25) is 0 Å². The number of benzene rings is 1. The van der Waals surface area contributed by atoms with Crippen molar-refractivity contribution in [2.24, 2.45) is 0 Å². The molecule has 1 aromatic carbocycles. The van der Waals surface area contributed by atoms with E-state index in [2.05, 4.69) is 22.8 Å². The second-order valence-electron chi connectivity index (χ2n) is 4.32. The van der Waals surface area contributed by atoms with Crippen LogP contribution in [-0.2, 0) is 11.2 Å². The van der Waals surface area contributed by atoms with Gasteiger partial charge in [-0.2, -0.15) is 0 Å². The fourth-order valence-electron chi connectivity index (χ4n) is 2.18. The molecular formula is C12H14N2O. The minimum Gasteiger partial charge on any atom is -0.326 e. The molecule has 0 saturated carbocycles. The lowest BCUT2D eigenvalue weighted by atomic mass is 9.90. The lowest BCUT2D eigenvalue weighted by molar-refractivity contribution is -0.116. The third-order valence-corrected chi connectivity index (χ3v) is 3.28. The van der Waals surface area contributed by atoms with Crippen molar-refractivity contribution >= 4 is 11.6 Å². The maximum atomic E-state index is 11.2. The van der Waals surface area contributed by atoms with Gasteiger partial charge in [0.15, 0.2) is 0 Å². The summed E-state index contributed by atoms with van der Waals surface area (Å²) < 4.78 is 0. The Morgan fingerprint density at radius 1 is 1.20 bits per heavy atom. The number of hydrogen-bond acceptors (Lipinski definition) is 2. The minimum atomic E-state index is 0.139. The number of aryl methyl sites for hydroxylation is 1. The molecule has 0 aromatic heterocycles. The van der Waals surface area contributed by atoms with Gasteiger partial charge in [-0.3, -0.25) is 4.79 Å². The van der Waals surface area contributed by atoms with Crippen molar-refractivity contribution in [2.75, 3.05) is 18.4 Å². The van der Waals surface area contributed by atoms with Crippen molar-refractivity contribution in [1.29, 1.82) is 0 Å². The fourth-order valence-corrected chi connectivity index (χ4v) is 2.18. The largest absolute Gasteiger partial charge is 0.326 e. The Morgan fingerprint density at radius 3 is 2.80 bits per heavy atom. The molecule has 78 valence electrons. The average molecular weight is 202 g/mol. The van der Waals surface area contributed by atoms with Crippen LogP contribution >= 0.6 is 0 Å². The summed E-state index contributed by atoms with van der Waals surface area (Å²) in [5.74, 6) is 0.813. The molecule has 1 fully saturated rings. The highest BCUT2D eigenvalue weighted by molar-refractivity contribution is 5.93. The van der Waals surface area contributed by atoms with Crippen LogP contribution in [0.4, 0.5) is 5.69 Å². The van der Waals surface area contributed by atoms with E-state index < -0.39 is 0 Å². The van der Waals surface area contributed by atoms with Crippen LogP contribution in [0, 0.1) is 0 Å². The third-order valence-electron chi connectivity index (χ3n) is 3.28. The monoisotopic (exact) mass is 202 g/mol. The zero-order valence-corrected chi connectivity index (χ0v) is 8.55. The Hall–Kier alpha value is -1.35. The van der Waals surface area contributed by atoms with Crippen LogP contribution in [-0.4, -0.2) is 19.0 Å². The van der Waals surface area contributed by atoms with Gasteiger partial charge in [-0.15, -0.1) is 0 Å². The van der Waals surface area contributed by atoms with Crippen LogP contribution in [0.3, 0.4) is 0 Å². The first-order chi connectivity index (χ1) is 7.33. The molecule has 15 heavy (non-hydrogen) atoms. The highest BCUT2D eigenvalue weighted by atomic mass is 16.1. The molecule has 0 spiro atoms. The third kappa shape index (κ3) is 1.53. The van der Waals surface area contributed by atoms with Gasteiger partial charge >= 0.3 is 0 Å². The van der Waals surface area contributed by atoms with Crippen molar-refractivity contribution < 1.29 is 4.79 Å². The molecule has 3 rings (SSSR count). The first-order valence-corrected chi connectivity index (χ1v) is 5.46.